The molecule has 0 unspecified atom stereocenters. The molecule has 1 aromatic rings. The molecule has 2 N–H and O–H groups in total. The van der Waals surface area contributed by atoms with Gasteiger partial charge in [-0.05, 0) is 30.4 Å². The van der Waals surface area contributed by atoms with Crippen molar-refractivity contribution in [1.29, 1.82) is 0 Å². The van der Waals surface area contributed by atoms with E-state index in [1.54, 1.807) is 11.8 Å². The van der Waals surface area contributed by atoms with Gasteiger partial charge in [-0.1, -0.05) is 11.6 Å². The second kappa shape index (κ2) is 5.42. The predicted molar refractivity (Wildman–Crippen MR) is 70.0 cm³/mol. The topological polar surface area (TPSA) is 61.7 Å². The summed E-state index contributed by atoms with van der Waals surface area (Å²) in [7, 11) is 0. The Morgan fingerprint density at radius 3 is 3.06 bits per heavy atom. The van der Waals surface area contributed by atoms with Crippen LogP contribution in [0.1, 0.15) is 16.8 Å². The van der Waals surface area contributed by atoms with Crippen molar-refractivity contribution in [3.8, 4) is 5.75 Å². The predicted octanol–water partition coefficient (Wildman–Crippen LogP) is 2.27. The lowest BCUT2D eigenvalue weighted by atomic mass is 10.2. The van der Waals surface area contributed by atoms with Crippen molar-refractivity contribution in [3.05, 3.63) is 28.8 Å². The highest BCUT2D eigenvalue weighted by Gasteiger charge is 2.13. The number of nitrogens with zero attached hydrogens (tertiary/aromatic N) is 1. The van der Waals surface area contributed by atoms with E-state index >= 15 is 0 Å². The van der Waals surface area contributed by atoms with E-state index in [-0.39, 0.29) is 11.3 Å². The second-order valence-electron chi connectivity index (χ2n) is 3.58. The number of phenolic OH excluding ortho intramolecular Hbond substituents is 1. The molecule has 0 aromatic heterocycles. The minimum absolute atomic E-state index is 0.104. The number of phenols is 1. The lowest BCUT2D eigenvalue weighted by Crippen LogP contribution is -2.19. The van der Waals surface area contributed by atoms with Crippen LogP contribution in [0.5, 0.6) is 5.75 Å². The first kappa shape index (κ1) is 12.3. The normalized spacial score (nSPS) is 17.4. The average molecular weight is 271 g/mol. The fourth-order valence-electron chi connectivity index (χ4n) is 1.42. The first-order valence-electron chi connectivity index (χ1n) is 5.09. The molecule has 1 amide bonds. The number of halogens is 1. The van der Waals surface area contributed by atoms with Gasteiger partial charge in [0.15, 0.2) is 0 Å². The van der Waals surface area contributed by atoms with Crippen LogP contribution in [-0.4, -0.2) is 28.2 Å². The molecule has 6 heteroatoms. The second-order valence-corrected chi connectivity index (χ2v) is 5.12. The smallest absolute Gasteiger partial charge is 0.275 e. The largest absolute Gasteiger partial charge is 0.507 e. The molecule has 1 fully saturated rings. The minimum Gasteiger partial charge on any atom is -0.507 e. The van der Waals surface area contributed by atoms with E-state index in [1.807, 2.05) is 0 Å². The third-order valence-corrected chi connectivity index (χ3v) is 3.59. The molecule has 4 nitrogen and oxygen atoms in total. The summed E-state index contributed by atoms with van der Waals surface area (Å²) in [5, 5.41) is 13.9. The third kappa shape index (κ3) is 3.14. The van der Waals surface area contributed by atoms with Crippen molar-refractivity contribution >= 4 is 35.0 Å². The molecular formula is C11H11ClN2O2S. The summed E-state index contributed by atoms with van der Waals surface area (Å²) in [5.74, 6) is 1.33. The monoisotopic (exact) mass is 270 g/mol. The first-order chi connectivity index (χ1) is 8.16. The summed E-state index contributed by atoms with van der Waals surface area (Å²) in [6.45, 7) is 0. The van der Waals surface area contributed by atoms with Crippen LogP contribution in [0.2, 0.25) is 5.02 Å². The molecule has 1 aliphatic rings. The summed E-state index contributed by atoms with van der Waals surface area (Å²) in [6.07, 6.45) is 0.895. The van der Waals surface area contributed by atoms with Gasteiger partial charge in [0.2, 0.25) is 0 Å². The summed E-state index contributed by atoms with van der Waals surface area (Å²) in [4.78, 5) is 11.7. The van der Waals surface area contributed by atoms with Gasteiger partial charge in [0.25, 0.3) is 5.91 Å². The lowest BCUT2D eigenvalue weighted by molar-refractivity contribution is 0.0952. The van der Waals surface area contributed by atoms with Crippen molar-refractivity contribution in [2.45, 2.75) is 6.42 Å². The van der Waals surface area contributed by atoms with Crippen molar-refractivity contribution in [2.24, 2.45) is 5.10 Å². The standard InChI is InChI=1S/C11H11ClN2O2S/c12-7-1-2-10(15)9(5-7)11(16)14-13-8-3-4-17-6-8/h1-2,5,15H,3-4,6H2,(H,14,16)/b13-8-. The highest BCUT2D eigenvalue weighted by Crippen LogP contribution is 2.21. The van der Waals surface area contributed by atoms with Crippen LogP contribution >= 0.6 is 23.4 Å². The van der Waals surface area contributed by atoms with Crippen molar-refractivity contribution in [2.75, 3.05) is 11.5 Å². The molecule has 0 bridgehead atoms. The van der Waals surface area contributed by atoms with E-state index in [9.17, 15) is 9.90 Å². The van der Waals surface area contributed by atoms with Gasteiger partial charge in [0.05, 0.1) is 5.56 Å². The zero-order valence-corrected chi connectivity index (χ0v) is 10.5. The number of carbonyl (C=O) groups is 1. The molecule has 2 rings (SSSR count). The fraction of sp³-hybridized carbons (Fsp3) is 0.273. The van der Waals surface area contributed by atoms with Crippen LogP contribution in [0.25, 0.3) is 0 Å². The number of benzene rings is 1. The Hall–Kier alpha value is -1.20. The Labute approximate surface area is 108 Å². The molecule has 0 saturated carbocycles. The number of nitrogens with one attached hydrogen (secondary N) is 1. The maximum Gasteiger partial charge on any atom is 0.275 e. The number of hydrogen-bond donors (Lipinski definition) is 2. The van der Waals surface area contributed by atoms with Crippen LogP contribution in [0.15, 0.2) is 23.3 Å². The van der Waals surface area contributed by atoms with Gasteiger partial charge >= 0.3 is 0 Å². The molecule has 1 saturated heterocycles. The van der Waals surface area contributed by atoms with Gasteiger partial charge < -0.3 is 5.11 Å². The van der Waals surface area contributed by atoms with E-state index in [1.165, 1.54) is 18.2 Å². The molecule has 1 aromatic carbocycles. The minimum atomic E-state index is -0.450. The van der Waals surface area contributed by atoms with Crippen LogP contribution in [0, 0.1) is 0 Å². The Bertz CT molecular complexity index is 469. The Kier molecular flexibility index (Phi) is 3.91. The van der Waals surface area contributed by atoms with Crippen LogP contribution in [0.4, 0.5) is 0 Å². The van der Waals surface area contributed by atoms with E-state index in [0.29, 0.717) is 5.02 Å². The zero-order chi connectivity index (χ0) is 12.3. The summed E-state index contributed by atoms with van der Waals surface area (Å²) >= 11 is 7.54. The summed E-state index contributed by atoms with van der Waals surface area (Å²) in [5.41, 5.74) is 3.52. The number of aromatic hydroxyl groups is 1. The average Bonchev–Trinajstić information content (AvgIpc) is 2.82. The summed E-state index contributed by atoms with van der Waals surface area (Å²) < 4.78 is 0. The highest BCUT2D eigenvalue weighted by atomic mass is 35.5. The fourth-order valence-corrected chi connectivity index (χ4v) is 2.56. The van der Waals surface area contributed by atoms with Gasteiger partial charge in [0, 0.05) is 16.5 Å². The van der Waals surface area contributed by atoms with E-state index < -0.39 is 5.91 Å². The van der Waals surface area contributed by atoms with Crippen LogP contribution < -0.4 is 5.43 Å². The molecule has 1 aliphatic heterocycles. The van der Waals surface area contributed by atoms with Gasteiger partial charge in [-0.25, -0.2) is 5.43 Å². The van der Waals surface area contributed by atoms with E-state index in [2.05, 4.69) is 10.5 Å². The number of amides is 1. The SMILES string of the molecule is O=C(N/N=C1/CCSC1)c1cc(Cl)ccc1O. The van der Waals surface area contributed by atoms with Crippen LogP contribution in [-0.2, 0) is 0 Å². The molecule has 17 heavy (non-hydrogen) atoms. The highest BCUT2D eigenvalue weighted by molar-refractivity contribution is 8.00. The molecule has 1 heterocycles. The Balaban J connectivity index is 2.09. The first-order valence-corrected chi connectivity index (χ1v) is 6.62. The quantitative estimate of drug-likeness (QED) is 0.811. The van der Waals surface area contributed by atoms with Crippen molar-refractivity contribution < 1.29 is 9.90 Å². The summed E-state index contributed by atoms with van der Waals surface area (Å²) in [6, 6.07) is 4.32. The van der Waals surface area contributed by atoms with Gasteiger partial charge in [-0.2, -0.15) is 16.9 Å². The number of rotatable bonds is 2. The maximum absolute atomic E-state index is 11.7. The molecular weight excluding hydrogens is 260 g/mol. The zero-order valence-electron chi connectivity index (χ0n) is 8.94. The maximum atomic E-state index is 11.7. The molecule has 0 atom stereocenters. The molecule has 0 spiro atoms. The third-order valence-electron chi connectivity index (χ3n) is 2.32. The van der Waals surface area contributed by atoms with Crippen LogP contribution in [0.3, 0.4) is 0 Å². The Morgan fingerprint density at radius 1 is 1.53 bits per heavy atom. The molecule has 0 radical (unpaired) electrons. The van der Waals surface area contributed by atoms with Gasteiger partial charge in [-0.15, -0.1) is 0 Å². The van der Waals surface area contributed by atoms with Gasteiger partial charge in [0.1, 0.15) is 5.75 Å². The number of hydrazone groups is 1. The lowest BCUT2D eigenvalue weighted by Gasteiger charge is -2.04. The van der Waals surface area contributed by atoms with Crippen molar-refractivity contribution in [3.63, 3.8) is 0 Å². The Morgan fingerprint density at radius 2 is 2.35 bits per heavy atom. The number of carbonyl (C=O) groups excluding carboxylic acids is 1. The van der Waals surface area contributed by atoms with Gasteiger partial charge in [-0.3, -0.25) is 4.79 Å². The molecule has 90 valence electrons. The molecule has 0 aliphatic carbocycles. The number of thioether (sulfide) groups is 1. The van der Waals surface area contributed by atoms with E-state index in [0.717, 1.165) is 23.6 Å². The number of hydrogen-bond acceptors (Lipinski definition) is 4. The van der Waals surface area contributed by atoms with Crippen molar-refractivity contribution in [1.82, 2.24) is 5.43 Å². The van der Waals surface area contributed by atoms with E-state index in [4.69, 9.17) is 11.6 Å².